The fourth-order valence-corrected chi connectivity index (χ4v) is 9.33. The van der Waals surface area contributed by atoms with Gasteiger partial charge in [0, 0.05) is 30.1 Å². The number of carbonyl (C=O) groups excluding carboxylic acids is 3. The number of thioether (sulfide) groups is 1. The van der Waals surface area contributed by atoms with Crippen LogP contribution >= 0.6 is 11.8 Å². The van der Waals surface area contributed by atoms with E-state index in [0.29, 0.717) is 38.8 Å². The predicted octanol–water partition coefficient (Wildman–Crippen LogP) is 4.59. The van der Waals surface area contributed by atoms with Gasteiger partial charge in [0.05, 0.1) is 23.2 Å². The number of aryl methyl sites for hydroxylation is 2. The smallest absolute Gasteiger partial charge is 0.311 e. The molecule has 0 saturated carbocycles. The van der Waals surface area contributed by atoms with Crippen molar-refractivity contribution in [3.05, 3.63) is 54.6 Å². The molecule has 3 aliphatic rings. The third kappa shape index (κ3) is 5.06. The summed E-state index contributed by atoms with van der Waals surface area (Å²) >= 11 is 1.65. The van der Waals surface area contributed by atoms with Crippen LogP contribution in [0.2, 0.25) is 0 Å². The van der Waals surface area contributed by atoms with Crippen LogP contribution in [-0.4, -0.2) is 69.6 Å². The molecule has 2 amide bonds. The van der Waals surface area contributed by atoms with Crippen molar-refractivity contribution in [1.82, 2.24) is 4.90 Å². The van der Waals surface area contributed by atoms with Crippen LogP contribution in [0.15, 0.2) is 43.5 Å². The number of esters is 1. The summed E-state index contributed by atoms with van der Waals surface area (Å²) < 4.78 is 4.53. The number of carbonyl (C=O) groups is 3. The van der Waals surface area contributed by atoms with Gasteiger partial charge in [-0.2, -0.15) is 0 Å². The lowest BCUT2D eigenvalue weighted by Crippen LogP contribution is -2.55. The van der Waals surface area contributed by atoms with Gasteiger partial charge in [-0.15, -0.1) is 24.9 Å². The topological polar surface area (TPSA) is 87.1 Å². The normalized spacial score (nSPS) is 28.9. The van der Waals surface area contributed by atoms with Crippen LogP contribution in [0.3, 0.4) is 0 Å². The molecule has 3 aliphatic heterocycles. The molecule has 3 heterocycles. The van der Waals surface area contributed by atoms with Crippen LogP contribution in [-0.2, 0) is 19.1 Å². The number of hydrogen-bond acceptors (Lipinski definition) is 6. The van der Waals surface area contributed by atoms with E-state index >= 15 is 0 Å². The van der Waals surface area contributed by atoms with Crippen LogP contribution in [0.1, 0.15) is 56.6 Å². The predicted molar refractivity (Wildman–Crippen MR) is 156 cm³/mol. The van der Waals surface area contributed by atoms with Crippen molar-refractivity contribution in [3.8, 4) is 0 Å². The fourth-order valence-electron chi connectivity index (χ4n) is 6.99. The standard InChI is InChI=1S/C31H42N2O5S/c1-6-8-11-20-38-29(37)24-23-27(35)33(18-9-10-19-34)26(31(23)16-15-30(24,5)39-31)28(36)32(17-7-2)25-21(3)13-12-14-22(25)4/h6-7,12-14,23-24,26,34H,1-2,8-11,15-20H2,3-5H3/t23-,24-,26?,30+,31?/m0/s1. The maximum absolute atomic E-state index is 14.7. The summed E-state index contributed by atoms with van der Waals surface area (Å²) in [5.41, 5.74) is 2.80. The van der Waals surface area contributed by atoms with E-state index < -0.39 is 27.4 Å². The number of hydrogen-bond donors (Lipinski definition) is 1. The van der Waals surface area contributed by atoms with Gasteiger partial charge in [-0.05, 0) is 70.4 Å². The minimum Gasteiger partial charge on any atom is -0.465 e. The monoisotopic (exact) mass is 554 g/mol. The van der Waals surface area contributed by atoms with Gasteiger partial charge in [-0.1, -0.05) is 30.4 Å². The zero-order valence-electron chi connectivity index (χ0n) is 23.5. The molecule has 0 radical (unpaired) electrons. The Balaban J connectivity index is 1.75. The van der Waals surface area contributed by atoms with Crippen molar-refractivity contribution < 1.29 is 24.2 Å². The van der Waals surface area contributed by atoms with E-state index in [1.165, 1.54) is 0 Å². The molecule has 7 nitrogen and oxygen atoms in total. The van der Waals surface area contributed by atoms with E-state index in [0.717, 1.165) is 29.7 Å². The van der Waals surface area contributed by atoms with Crippen LogP contribution in [0, 0.1) is 25.7 Å². The molecule has 1 N–H and O–H groups in total. The maximum atomic E-state index is 14.7. The van der Waals surface area contributed by atoms with E-state index in [4.69, 9.17) is 4.74 Å². The molecular formula is C31H42N2O5S. The summed E-state index contributed by atoms with van der Waals surface area (Å²) in [5, 5.41) is 9.42. The minimum atomic E-state index is -0.710. The summed E-state index contributed by atoms with van der Waals surface area (Å²) in [6.07, 6.45) is 7.51. The third-order valence-corrected chi connectivity index (χ3v) is 10.6. The Morgan fingerprint density at radius 2 is 1.90 bits per heavy atom. The molecule has 2 bridgehead atoms. The van der Waals surface area contributed by atoms with Crippen LogP contribution in [0.5, 0.6) is 0 Å². The molecule has 1 spiro atoms. The average Bonchev–Trinajstić information content (AvgIpc) is 3.46. The number of amides is 2. The number of para-hydroxylation sites is 1. The molecule has 5 atom stereocenters. The Kier molecular flexibility index (Phi) is 8.96. The molecule has 8 heteroatoms. The van der Waals surface area contributed by atoms with Crippen molar-refractivity contribution in [2.45, 2.75) is 74.8 Å². The molecule has 0 aliphatic carbocycles. The molecule has 39 heavy (non-hydrogen) atoms. The van der Waals surface area contributed by atoms with Crippen molar-refractivity contribution in [2.24, 2.45) is 11.8 Å². The first kappa shape index (κ1) is 29.4. The molecular weight excluding hydrogens is 512 g/mol. The van der Waals surface area contributed by atoms with Gasteiger partial charge in [0.15, 0.2) is 0 Å². The summed E-state index contributed by atoms with van der Waals surface area (Å²) in [4.78, 5) is 45.9. The number of likely N-dealkylation sites (tertiary alicyclic amines) is 1. The molecule has 0 aromatic heterocycles. The number of unbranched alkanes of at least 4 members (excludes halogenated alkanes) is 2. The number of fused-ring (bicyclic) bond motifs is 1. The van der Waals surface area contributed by atoms with E-state index in [2.05, 4.69) is 20.1 Å². The summed E-state index contributed by atoms with van der Waals surface area (Å²) in [6, 6.07) is 5.24. The average molecular weight is 555 g/mol. The Hall–Kier alpha value is -2.58. The molecule has 2 unspecified atom stereocenters. The molecule has 212 valence electrons. The molecule has 4 rings (SSSR count). The van der Waals surface area contributed by atoms with Gasteiger partial charge >= 0.3 is 5.97 Å². The summed E-state index contributed by atoms with van der Waals surface area (Å²) in [7, 11) is 0. The number of anilines is 1. The van der Waals surface area contributed by atoms with Gasteiger partial charge in [-0.25, -0.2) is 0 Å². The second kappa shape index (κ2) is 11.9. The van der Waals surface area contributed by atoms with Crippen molar-refractivity contribution in [1.29, 1.82) is 0 Å². The lowest BCUT2D eigenvalue weighted by Gasteiger charge is -2.38. The Morgan fingerprint density at radius 1 is 1.18 bits per heavy atom. The first-order chi connectivity index (χ1) is 18.7. The number of aliphatic hydroxyl groups excluding tert-OH is 1. The highest BCUT2D eigenvalue weighted by molar-refractivity contribution is 8.02. The molecule has 3 saturated heterocycles. The second-order valence-electron chi connectivity index (χ2n) is 11.3. The third-order valence-electron chi connectivity index (χ3n) is 8.66. The Morgan fingerprint density at radius 3 is 2.54 bits per heavy atom. The number of allylic oxidation sites excluding steroid dienone is 1. The number of nitrogens with zero attached hydrogens (tertiary/aromatic N) is 2. The number of ether oxygens (including phenoxy) is 1. The van der Waals surface area contributed by atoms with Crippen LogP contribution < -0.4 is 4.90 Å². The lowest BCUT2D eigenvalue weighted by atomic mass is 9.66. The van der Waals surface area contributed by atoms with Gasteiger partial charge < -0.3 is 19.6 Å². The van der Waals surface area contributed by atoms with Crippen molar-refractivity contribution in [3.63, 3.8) is 0 Å². The quantitative estimate of drug-likeness (QED) is 0.218. The van der Waals surface area contributed by atoms with Crippen molar-refractivity contribution >= 4 is 35.2 Å². The first-order valence-electron chi connectivity index (χ1n) is 14.0. The van der Waals surface area contributed by atoms with E-state index in [9.17, 15) is 19.5 Å². The zero-order valence-corrected chi connectivity index (χ0v) is 24.3. The van der Waals surface area contributed by atoms with Gasteiger partial charge in [0.2, 0.25) is 5.91 Å². The van der Waals surface area contributed by atoms with Gasteiger partial charge in [0.25, 0.3) is 5.91 Å². The van der Waals surface area contributed by atoms with E-state index in [-0.39, 0.29) is 31.0 Å². The number of benzene rings is 1. The highest BCUT2D eigenvalue weighted by atomic mass is 32.2. The molecule has 1 aromatic carbocycles. The highest BCUT2D eigenvalue weighted by Crippen LogP contribution is 2.71. The first-order valence-corrected chi connectivity index (χ1v) is 14.9. The highest BCUT2D eigenvalue weighted by Gasteiger charge is 2.77. The van der Waals surface area contributed by atoms with Gasteiger partial charge in [0.1, 0.15) is 6.04 Å². The summed E-state index contributed by atoms with van der Waals surface area (Å²) in [5.74, 6) is -1.83. The van der Waals surface area contributed by atoms with E-state index in [1.54, 1.807) is 33.7 Å². The summed E-state index contributed by atoms with van der Waals surface area (Å²) in [6.45, 7) is 14.7. The number of rotatable bonds is 13. The lowest BCUT2D eigenvalue weighted by molar-refractivity contribution is -0.155. The van der Waals surface area contributed by atoms with Crippen LogP contribution in [0.25, 0.3) is 0 Å². The number of aliphatic hydroxyl groups is 1. The molecule has 3 fully saturated rings. The largest absolute Gasteiger partial charge is 0.465 e. The molecule has 1 aromatic rings. The Labute approximate surface area is 236 Å². The maximum Gasteiger partial charge on any atom is 0.311 e. The van der Waals surface area contributed by atoms with Crippen LogP contribution in [0.4, 0.5) is 5.69 Å². The second-order valence-corrected chi connectivity index (χ2v) is 13.2. The van der Waals surface area contributed by atoms with E-state index in [1.807, 2.05) is 32.0 Å². The SMILES string of the molecule is C=CCCCOC(=O)[C@@H]1[C@H]2C(=O)N(CCCCO)C(C(=O)N(CC=C)c3c(C)cccc3C)C23CC[C@@]1(C)S3. The zero-order chi connectivity index (χ0) is 28.4. The van der Waals surface area contributed by atoms with Gasteiger partial charge in [-0.3, -0.25) is 14.4 Å². The minimum absolute atomic E-state index is 0.0205. The fraction of sp³-hybridized carbons (Fsp3) is 0.581. The Bertz CT molecular complexity index is 1120. The van der Waals surface area contributed by atoms with Crippen molar-refractivity contribution in [2.75, 3.05) is 31.2 Å².